The van der Waals surface area contributed by atoms with Gasteiger partial charge in [0.15, 0.2) is 0 Å². The zero-order valence-electron chi connectivity index (χ0n) is 35.9. The van der Waals surface area contributed by atoms with Gasteiger partial charge < -0.3 is 30.2 Å². The van der Waals surface area contributed by atoms with Crippen molar-refractivity contribution in [2.24, 2.45) is 0 Å². The molecule has 0 aliphatic carbocycles. The van der Waals surface area contributed by atoms with Crippen LogP contribution in [0.15, 0.2) is 121 Å². The summed E-state index contributed by atoms with van der Waals surface area (Å²) in [6, 6.07) is 17.6. The van der Waals surface area contributed by atoms with Crippen molar-refractivity contribution in [3.63, 3.8) is 0 Å². The van der Waals surface area contributed by atoms with Crippen LogP contribution in [0.2, 0.25) is 35.7 Å². The number of H-pyrrole nitrogens is 1. The summed E-state index contributed by atoms with van der Waals surface area (Å²) in [7, 11) is -1.26. The zero-order valence-corrected chi connectivity index (χ0v) is 38.4. The highest BCUT2D eigenvalue weighted by atomic mass is 35.5. The smallest absolute Gasteiger partial charge is 0.287 e. The van der Waals surface area contributed by atoms with Crippen LogP contribution >= 0.6 is 23.2 Å². The van der Waals surface area contributed by atoms with E-state index < -0.39 is 24.6 Å². The first-order valence-electron chi connectivity index (χ1n) is 20.9. The number of nitrogens with one attached hydrogen (secondary N) is 4. The fourth-order valence-corrected chi connectivity index (χ4v) is 8.61. The summed E-state index contributed by atoms with van der Waals surface area (Å²) in [4.78, 5) is 32.0. The molecule has 0 unspecified atom stereocenters. The Hall–Kier alpha value is -6.83. The molecule has 4 N–H and O–H groups in total. The summed E-state index contributed by atoms with van der Waals surface area (Å²) < 4.78 is 39.1. The molecule has 352 valence electrons. The molecule has 3 aliphatic heterocycles. The van der Waals surface area contributed by atoms with Gasteiger partial charge in [0, 0.05) is 66.8 Å². The number of ether oxygens (including phenoxy) is 1. The third-order valence-corrected chi connectivity index (χ3v) is 13.1. The first-order chi connectivity index (χ1) is 31.8. The lowest BCUT2D eigenvalue weighted by atomic mass is 10.0. The first-order valence-corrected chi connectivity index (χ1v) is 25.4. The van der Waals surface area contributed by atoms with E-state index in [-0.39, 0.29) is 32.8 Å². The number of hydrogen-bond acceptors (Lipinski definition) is 11. The van der Waals surface area contributed by atoms with Gasteiger partial charge in [-0.1, -0.05) is 57.7 Å². The lowest BCUT2D eigenvalue weighted by molar-refractivity contribution is -0.419. The van der Waals surface area contributed by atoms with Crippen LogP contribution in [0.4, 0.5) is 8.78 Å². The fraction of sp³-hybridized carbons (Fsp3) is 0.229. The maximum absolute atomic E-state index is 14.9. The Kier molecular flexibility index (Phi) is 14.9. The Bertz CT molecular complexity index is 3130. The number of imidazole rings is 2. The molecule has 2 aromatic carbocycles. The summed E-state index contributed by atoms with van der Waals surface area (Å²) in [5.41, 5.74) is 9.36. The SMILES string of the molecule is C.C.C[Si](C)(C)CCOCn1cnc(C2=CC=C3NC=C([N+](=O)[O-])C=C3N2)c1-c1cc(Cl)ccc1F.Fc1ccc(Cl)cc1-c1nc[nH]c1-c1ccc2ncc(-c3cc4n(n3)CCNC4)cc2n1. The van der Waals surface area contributed by atoms with E-state index in [1.165, 1.54) is 42.9 Å². The number of pyridine rings is 2. The van der Waals surface area contributed by atoms with Crippen molar-refractivity contribution in [1.29, 1.82) is 0 Å². The van der Waals surface area contributed by atoms with Crippen LogP contribution in [0.3, 0.4) is 0 Å². The molecule has 10 rings (SSSR count). The van der Waals surface area contributed by atoms with Crippen molar-refractivity contribution in [3.8, 4) is 45.2 Å². The number of nitrogens with zero attached hydrogens (tertiary/aromatic N) is 8. The van der Waals surface area contributed by atoms with Gasteiger partial charge in [-0.05, 0) is 78.9 Å². The predicted octanol–water partition coefficient (Wildman–Crippen LogP) is 10.8. The van der Waals surface area contributed by atoms with Gasteiger partial charge in [0.1, 0.15) is 29.8 Å². The Morgan fingerprint density at radius 3 is 2.37 bits per heavy atom. The van der Waals surface area contributed by atoms with Crippen LogP contribution in [-0.4, -0.2) is 65.4 Å². The first kappa shape index (κ1) is 49.1. The summed E-state index contributed by atoms with van der Waals surface area (Å²) in [6.07, 6.45) is 11.3. The molecule has 0 spiro atoms. The van der Waals surface area contributed by atoms with E-state index in [1.54, 1.807) is 35.2 Å². The van der Waals surface area contributed by atoms with E-state index in [4.69, 9.17) is 38.0 Å². The van der Waals surface area contributed by atoms with Crippen molar-refractivity contribution in [2.75, 3.05) is 13.2 Å². The number of dihydropyridines is 2. The van der Waals surface area contributed by atoms with Gasteiger partial charge in [-0.3, -0.25) is 19.8 Å². The molecule has 5 aromatic heterocycles. The highest BCUT2D eigenvalue weighted by molar-refractivity contribution is 6.76. The van der Waals surface area contributed by atoms with Crippen LogP contribution in [-0.2, 0) is 24.6 Å². The minimum atomic E-state index is -1.26. The molecule has 0 fully saturated rings. The van der Waals surface area contributed by atoms with Crippen molar-refractivity contribution in [2.45, 2.75) is 60.4 Å². The van der Waals surface area contributed by atoms with Crippen molar-refractivity contribution in [3.05, 3.63) is 164 Å². The summed E-state index contributed by atoms with van der Waals surface area (Å²) >= 11 is 12.3. The van der Waals surface area contributed by atoms with Crippen LogP contribution in [0.25, 0.3) is 61.9 Å². The van der Waals surface area contributed by atoms with E-state index in [0.717, 1.165) is 53.7 Å². The van der Waals surface area contributed by atoms with Gasteiger partial charge in [0.2, 0.25) is 0 Å². The number of halogens is 4. The van der Waals surface area contributed by atoms with Gasteiger partial charge >= 0.3 is 0 Å². The molecular formula is C48H50Cl2F2N12O3Si. The second-order valence-corrected chi connectivity index (χ2v) is 23.3. The molecule has 20 heteroatoms. The zero-order chi connectivity index (χ0) is 46.1. The van der Waals surface area contributed by atoms with E-state index in [9.17, 15) is 18.9 Å². The summed E-state index contributed by atoms with van der Waals surface area (Å²) in [5, 5.41) is 26.2. The van der Waals surface area contributed by atoms with Crippen molar-refractivity contribution in [1.82, 2.24) is 55.2 Å². The second-order valence-electron chi connectivity index (χ2n) is 16.8. The molecule has 0 bridgehead atoms. The highest BCUT2D eigenvalue weighted by Crippen LogP contribution is 2.35. The predicted molar refractivity (Wildman–Crippen MR) is 266 cm³/mol. The second kappa shape index (κ2) is 20.6. The Balaban J connectivity index is 0.000000196. The average molecular weight is 980 g/mol. The van der Waals surface area contributed by atoms with E-state index in [1.807, 2.05) is 29.1 Å². The lowest BCUT2D eigenvalue weighted by Crippen LogP contribution is -2.28. The van der Waals surface area contributed by atoms with E-state index >= 15 is 0 Å². The Morgan fingerprint density at radius 1 is 0.868 bits per heavy atom. The molecular weight excluding hydrogens is 930 g/mol. The van der Waals surface area contributed by atoms with Gasteiger partial charge in [-0.25, -0.2) is 23.7 Å². The number of fused-ring (bicyclic) bond motifs is 3. The molecule has 0 saturated heterocycles. The van der Waals surface area contributed by atoms with Gasteiger partial charge in [-0.15, -0.1) is 0 Å². The minimum Gasteiger partial charge on any atom is -0.361 e. The summed E-state index contributed by atoms with van der Waals surface area (Å²) in [6.45, 7) is 10.2. The van der Waals surface area contributed by atoms with Crippen molar-refractivity contribution < 1.29 is 18.4 Å². The van der Waals surface area contributed by atoms with Crippen LogP contribution in [0.5, 0.6) is 0 Å². The number of aromatic amines is 1. The maximum Gasteiger partial charge on any atom is 0.287 e. The molecule has 0 saturated carbocycles. The van der Waals surface area contributed by atoms with Crippen LogP contribution < -0.4 is 16.0 Å². The lowest BCUT2D eigenvalue weighted by Gasteiger charge is -2.22. The third kappa shape index (κ3) is 10.6. The van der Waals surface area contributed by atoms with Crippen LogP contribution in [0, 0.1) is 21.7 Å². The molecule has 68 heavy (non-hydrogen) atoms. The number of hydrogen-bond donors (Lipinski definition) is 4. The largest absolute Gasteiger partial charge is 0.361 e. The quantitative estimate of drug-likeness (QED) is 0.0420. The standard InChI is InChI=1S/C23H17ClFN7.C23H25ClFN5O3Si.2CH4/c24-14-1-2-17(25)16(8-14)22-23(29-12-28-22)19-4-3-18-21(30-19)7-13(10-27-18)20-9-15-11-26-5-6-32(15)31-20;1-34(2,3)9-8-33-14-29-13-27-22(23(29)17-10-15(24)4-5-18(17)25)20-7-6-19-21(28-20)11-16(12-26-19)30(31)32;;/h1-4,7-10,12,26H,5-6,11H2,(H,28,29);4-7,10-13,26,28H,8-9,14H2,1-3H3;2*1H4. The molecule has 0 atom stereocenters. The van der Waals surface area contributed by atoms with Crippen LogP contribution in [0.1, 0.15) is 26.2 Å². The van der Waals surface area contributed by atoms with E-state index in [0.29, 0.717) is 67.8 Å². The molecule has 3 aliphatic rings. The minimum absolute atomic E-state index is 0. The fourth-order valence-electron chi connectivity index (χ4n) is 7.51. The van der Waals surface area contributed by atoms with Gasteiger partial charge in [0.05, 0.1) is 86.9 Å². The number of allylic oxidation sites excluding steroid dienone is 3. The monoisotopic (exact) mass is 978 g/mol. The maximum atomic E-state index is 14.9. The highest BCUT2D eigenvalue weighted by Gasteiger charge is 2.26. The Morgan fingerprint density at radius 2 is 1.62 bits per heavy atom. The molecule has 0 radical (unpaired) electrons. The molecule has 7 aromatic rings. The topological polar surface area (TPSA) is 179 Å². The number of aromatic nitrogens is 8. The molecule has 8 heterocycles. The number of rotatable bonds is 11. The number of nitro groups is 1. The van der Waals surface area contributed by atoms with Crippen molar-refractivity contribution >= 4 is 48.0 Å². The molecule has 15 nitrogen and oxygen atoms in total. The molecule has 0 amide bonds. The van der Waals surface area contributed by atoms with Gasteiger partial charge in [-0.2, -0.15) is 5.10 Å². The summed E-state index contributed by atoms with van der Waals surface area (Å²) in [5.74, 6) is -0.843. The number of benzene rings is 2. The average Bonchev–Trinajstić information content (AvgIpc) is 4.08. The normalized spacial score (nSPS) is 14.0. The van der Waals surface area contributed by atoms with E-state index in [2.05, 4.69) is 61.6 Å². The van der Waals surface area contributed by atoms with Gasteiger partial charge in [0.25, 0.3) is 5.70 Å². The Labute approximate surface area is 402 Å². The third-order valence-electron chi connectivity index (χ3n) is 10.9.